The molecule has 0 fully saturated rings. The number of carbonyl (C=O) groups excluding carboxylic acids is 2. The summed E-state index contributed by atoms with van der Waals surface area (Å²) < 4.78 is 27.4. The lowest BCUT2D eigenvalue weighted by atomic mass is 10.1. The van der Waals surface area contributed by atoms with Gasteiger partial charge in [0.1, 0.15) is 16.5 Å². The summed E-state index contributed by atoms with van der Waals surface area (Å²) in [6.07, 6.45) is 0. The third kappa shape index (κ3) is 3.70. The van der Waals surface area contributed by atoms with Gasteiger partial charge < -0.3 is 13.9 Å². The molecule has 8 nitrogen and oxygen atoms in total. The maximum Gasteiger partial charge on any atom is 0.433 e. The lowest BCUT2D eigenvalue weighted by molar-refractivity contribution is -0.402. The summed E-state index contributed by atoms with van der Waals surface area (Å²) >= 11 is 0. The monoisotopic (exact) mass is 323 g/mol. The highest BCUT2D eigenvalue weighted by Gasteiger charge is 2.21. The Morgan fingerprint density at radius 3 is 2.65 bits per heavy atom. The van der Waals surface area contributed by atoms with Crippen LogP contribution in [0.3, 0.4) is 0 Å². The fourth-order valence-electron chi connectivity index (χ4n) is 1.71. The maximum atomic E-state index is 13.2. The van der Waals surface area contributed by atoms with Crippen molar-refractivity contribution in [1.29, 1.82) is 0 Å². The van der Waals surface area contributed by atoms with E-state index in [1.165, 1.54) is 13.2 Å². The van der Waals surface area contributed by atoms with E-state index >= 15 is 0 Å². The van der Waals surface area contributed by atoms with E-state index in [0.717, 1.165) is 24.3 Å². The van der Waals surface area contributed by atoms with Gasteiger partial charge in [0.15, 0.2) is 6.61 Å². The highest BCUT2D eigenvalue weighted by atomic mass is 19.1. The average Bonchev–Trinajstić information content (AvgIpc) is 3.02. The molecule has 0 amide bonds. The number of esters is 1. The van der Waals surface area contributed by atoms with Crippen LogP contribution in [0.1, 0.15) is 20.9 Å². The third-order valence-corrected chi connectivity index (χ3v) is 2.77. The molecule has 0 atom stereocenters. The van der Waals surface area contributed by atoms with Crippen LogP contribution in [0.15, 0.2) is 34.7 Å². The van der Waals surface area contributed by atoms with E-state index in [4.69, 9.17) is 9.47 Å². The van der Waals surface area contributed by atoms with Gasteiger partial charge in [-0.25, -0.2) is 9.18 Å². The molecule has 23 heavy (non-hydrogen) atoms. The van der Waals surface area contributed by atoms with Crippen LogP contribution in [-0.4, -0.2) is 30.4 Å². The number of halogens is 1. The second-order valence-corrected chi connectivity index (χ2v) is 4.24. The molecule has 2 rings (SSSR count). The van der Waals surface area contributed by atoms with Gasteiger partial charge in [-0.3, -0.25) is 14.9 Å². The third-order valence-electron chi connectivity index (χ3n) is 2.77. The summed E-state index contributed by atoms with van der Waals surface area (Å²) in [7, 11) is 1.30. The van der Waals surface area contributed by atoms with Crippen LogP contribution in [0.2, 0.25) is 0 Å². The summed E-state index contributed by atoms with van der Waals surface area (Å²) in [6, 6.07) is 5.36. The molecule has 0 aliphatic carbocycles. The molecule has 0 unspecified atom stereocenters. The van der Waals surface area contributed by atoms with Gasteiger partial charge in [-0.15, -0.1) is 0 Å². The van der Waals surface area contributed by atoms with Crippen LogP contribution in [0.4, 0.5) is 10.3 Å². The van der Waals surface area contributed by atoms with Crippen molar-refractivity contribution in [3.63, 3.8) is 0 Å². The molecule has 1 aromatic carbocycles. The van der Waals surface area contributed by atoms with E-state index in [2.05, 4.69) is 4.42 Å². The number of Topliss-reactive ketones (excluding diaryl/α,β-unsaturated/α-hetero) is 1. The predicted octanol–water partition coefficient (Wildman–Crippen LogP) is 2.38. The summed E-state index contributed by atoms with van der Waals surface area (Å²) in [4.78, 5) is 33.2. The average molecular weight is 323 g/mol. The van der Waals surface area contributed by atoms with Crippen LogP contribution in [0, 0.1) is 15.9 Å². The first-order valence-electron chi connectivity index (χ1n) is 6.20. The van der Waals surface area contributed by atoms with Crippen molar-refractivity contribution in [2.24, 2.45) is 0 Å². The minimum Gasteiger partial charge on any atom is -0.496 e. The van der Waals surface area contributed by atoms with Gasteiger partial charge in [-0.05, 0) is 24.3 Å². The van der Waals surface area contributed by atoms with Crippen molar-refractivity contribution >= 4 is 17.6 Å². The number of carbonyl (C=O) groups is 2. The summed E-state index contributed by atoms with van der Waals surface area (Å²) in [5.74, 6) is -3.33. The summed E-state index contributed by atoms with van der Waals surface area (Å²) in [6.45, 7) is -0.701. The summed E-state index contributed by atoms with van der Waals surface area (Å²) in [5.41, 5.74) is -0.0919. The van der Waals surface area contributed by atoms with E-state index in [1.54, 1.807) is 0 Å². The van der Waals surface area contributed by atoms with E-state index in [-0.39, 0.29) is 11.3 Å². The van der Waals surface area contributed by atoms with Crippen molar-refractivity contribution in [3.05, 3.63) is 57.6 Å². The first kappa shape index (κ1) is 16.1. The van der Waals surface area contributed by atoms with Crippen molar-refractivity contribution in [1.82, 2.24) is 0 Å². The van der Waals surface area contributed by atoms with E-state index in [0.29, 0.717) is 0 Å². The zero-order valence-corrected chi connectivity index (χ0v) is 11.8. The topological polar surface area (TPSA) is 109 Å². The number of nitrogens with zero attached hydrogens (tertiary/aromatic N) is 1. The largest absolute Gasteiger partial charge is 0.496 e. The molecular weight excluding hydrogens is 313 g/mol. The van der Waals surface area contributed by atoms with E-state index in [9.17, 15) is 24.1 Å². The number of hydrogen-bond acceptors (Lipinski definition) is 7. The Morgan fingerprint density at radius 2 is 2.04 bits per heavy atom. The first-order valence-corrected chi connectivity index (χ1v) is 6.20. The van der Waals surface area contributed by atoms with Gasteiger partial charge in [0.05, 0.1) is 18.7 Å². The highest BCUT2D eigenvalue weighted by molar-refractivity contribution is 6.01. The molecule has 0 aliphatic heterocycles. The Labute approximate surface area is 128 Å². The standard InChI is InChI=1S/C14H10FNO7/c1-21-11-3-2-8(15)6-9(11)10(17)7-22-14(18)12-4-5-13(23-12)16(19)20/h2-6H,7H2,1H3. The Hall–Kier alpha value is -3.23. The molecule has 0 radical (unpaired) electrons. The zero-order valence-electron chi connectivity index (χ0n) is 11.8. The minimum absolute atomic E-state index is 0.0919. The zero-order chi connectivity index (χ0) is 17.0. The Kier molecular flexibility index (Phi) is 4.69. The predicted molar refractivity (Wildman–Crippen MR) is 72.9 cm³/mol. The SMILES string of the molecule is COc1ccc(F)cc1C(=O)COC(=O)c1ccc([N+](=O)[O-])o1. The van der Waals surface area contributed by atoms with Crippen molar-refractivity contribution in [2.45, 2.75) is 0 Å². The maximum absolute atomic E-state index is 13.2. The molecule has 0 saturated heterocycles. The van der Waals surface area contributed by atoms with Gasteiger partial charge in [0.2, 0.25) is 11.5 Å². The molecule has 0 N–H and O–H groups in total. The lowest BCUT2D eigenvalue weighted by Crippen LogP contribution is -2.15. The number of rotatable bonds is 6. The fraction of sp³-hybridized carbons (Fsp3) is 0.143. The summed E-state index contributed by atoms with van der Waals surface area (Å²) in [5, 5.41) is 10.4. The normalized spacial score (nSPS) is 10.2. The van der Waals surface area contributed by atoms with Gasteiger partial charge >= 0.3 is 11.9 Å². The van der Waals surface area contributed by atoms with E-state index in [1.807, 2.05) is 0 Å². The Balaban J connectivity index is 2.05. The second kappa shape index (κ2) is 6.69. The van der Waals surface area contributed by atoms with Crippen LogP contribution in [-0.2, 0) is 4.74 Å². The quantitative estimate of drug-likeness (QED) is 0.347. The molecule has 0 spiro atoms. The lowest BCUT2D eigenvalue weighted by Gasteiger charge is -2.07. The van der Waals surface area contributed by atoms with Crippen LogP contribution < -0.4 is 4.74 Å². The molecule has 1 heterocycles. The number of furan rings is 1. The second-order valence-electron chi connectivity index (χ2n) is 4.24. The molecule has 9 heteroatoms. The molecule has 1 aromatic heterocycles. The fourth-order valence-corrected chi connectivity index (χ4v) is 1.71. The molecule has 2 aromatic rings. The number of ether oxygens (including phenoxy) is 2. The van der Waals surface area contributed by atoms with Crippen molar-refractivity contribution < 1.29 is 32.8 Å². The van der Waals surface area contributed by atoms with Crippen LogP contribution >= 0.6 is 0 Å². The number of nitro groups is 1. The van der Waals surface area contributed by atoms with Gasteiger partial charge in [-0.1, -0.05) is 0 Å². The number of hydrogen-bond donors (Lipinski definition) is 0. The molecule has 120 valence electrons. The Bertz CT molecular complexity index is 768. The molecule has 0 bridgehead atoms. The molecule has 0 aliphatic rings. The van der Waals surface area contributed by atoms with Gasteiger partial charge in [0.25, 0.3) is 0 Å². The first-order chi connectivity index (χ1) is 10.9. The van der Waals surface area contributed by atoms with E-state index < -0.39 is 40.7 Å². The Morgan fingerprint density at radius 1 is 1.30 bits per heavy atom. The number of methoxy groups -OCH3 is 1. The van der Waals surface area contributed by atoms with Crippen LogP contribution in [0.25, 0.3) is 0 Å². The minimum atomic E-state index is -1.05. The highest BCUT2D eigenvalue weighted by Crippen LogP contribution is 2.20. The number of benzene rings is 1. The van der Waals surface area contributed by atoms with Crippen molar-refractivity contribution in [2.75, 3.05) is 13.7 Å². The number of ketones is 1. The van der Waals surface area contributed by atoms with Gasteiger partial charge in [0, 0.05) is 0 Å². The smallest absolute Gasteiger partial charge is 0.433 e. The molecule has 0 saturated carbocycles. The van der Waals surface area contributed by atoms with Crippen molar-refractivity contribution in [3.8, 4) is 5.75 Å². The van der Waals surface area contributed by atoms with Crippen LogP contribution in [0.5, 0.6) is 5.75 Å². The molecular formula is C14H10FNO7. The van der Waals surface area contributed by atoms with Gasteiger partial charge in [-0.2, -0.15) is 0 Å².